The minimum atomic E-state index is -0.150. The maximum atomic E-state index is 12.3. The highest BCUT2D eigenvalue weighted by Gasteiger charge is 2.20. The van der Waals surface area contributed by atoms with Crippen LogP contribution in [0.2, 0.25) is 0 Å². The molecule has 0 aliphatic rings. The zero-order valence-electron chi connectivity index (χ0n) is 16.8. The van der Waals surface area contributed by atoms with Crippen LogP contribution in [0.15, 0.2) is 54.7 Å². The van der Waals surface area contributed by atoms with Gasteiger partial charge in [-0.15, -0.1) is 0 Å². The third kappa shape index (κ3) is 4.46. The number of rotatable bonds is 8. The maximum absolute atomic E-state index is 12.3. The van der Waals surface area contributed by atoms with Crippen molar-refractivity contribution < 1.29 is 14.3 Å². The molecular formula is C22H27N3O3. The van der Waals surface area contributed by atoms with E-state index in [1.165, 1.54) is 16.5 Å². The summed E-state index contributed by atoms with van der Waals surface area (Å²) in [5, 5.41) is 4.19. The van der Waals surface area contributed by atoms with Gasteiger partial charge in [0.1, 0.15) is 11.5 Å². The topological polar surface area (TPSA) is 55.7 Å². The zero-order chi connectivity index (χ0) is 20.1. The smallest absolute Gasteiger partial charge is 0.258 e. The summed E-state index contributed by atoms with van der Waals surface area (Å²) in [7, 11) is 7.69. The van der Waals surface area contributed by atoms with Crippen molar-refractivity contribution in [2.75, 3.05) is 34.4 Å². The number of amides is 1. The Morgan fingerprint density at radius 2 is 1.79 bits per heavy atom. The number of hydrogen-bond donors (Lipinski definition) is 1. The Labute approximate surface area is 165 Å². The number of para-hydroxylation sites is 1. The van der Waals surface area contributed by atoms with Crippen molar-refractivity contribution in [1.82, 2.24) is 14.8 Å². The molecule has 0 saturated heterocycles. The van der Waals surface area contributed by atoms with Gasteiger partial charge in [0.25, 0.3) is 5.91 Å². The molecule has 0 aliphatic heterocycles. The summed E-state index contributed by atoms with van der Waals surface area (Å²) in [6.45, 7) is 0.480. The Bertz CT molecular complexity index is 932. The molecule has 28 heavy (non-hydrogen) atoms. The van der Waals surface area contributed by atoms with E-state index in [4.69, 9.17) is 9.47 Å². The molecule has 1 aromatic heterocycles. The number of carbonyl (C=O) groups is 1. The van der Waals surface area contributed by atoms with Gasteiger partial charge in [0, 0.05) is 30.7 Å². The molecular weight excluding hydrogens is 354 g/mol. The van der Waals surface area contributed by atoms with Crippen LogP contribution in [0.5, 0.6) is 11.5 Å². The number of aryl methyl sites for hydroxylation is 1. The van der Waals surface area contributed by atoms with Gasteiger partial charge in [0.2, 0.25) is 0 Å². The molecule has 1 heterocycles. The summed E-state index contributed by atoms with van der Waals surface area (Å²) < 4.78 is 12.8. The van der Waals surface area contributed by atoms with Gasteiger partial charge in [-0.25, -0.2) is 0 Å². The summed E-state index contributed by atoms with van der Waals surface area (Å²) in [6.07, 6.45) is 2.13. The average molecular weight is 381 g/mol. The highest BCUT2D eigenvalue weighted by molar-refractivity contribution is 5.84. The summed E-state index contributed by atoms with van der Waals surface area (Å²) >= 11 is 0. The standard InChI is InChI=1S/C22H27N3O3/c1-24(2)21(19-14-25(3)20-8-6-5-7-18(19)20)13-23-22(26)15-28-17-11-9-16(27-4)10-12-17/h5-12,14,21H,13,15H2,1-4H3,(H,23,26). The van der Waals surface area contributed by atoms with Crippen LogP contribution >= 0.6 is 0 Å². The van der Waals surface area contributed by atoms with Crippen molar-refractivity contribution in [1.29, 1.82) is 0 Å². The summed E-state index contributed by atoms with van der Waals surface area (Å²) in [5.41, 5.74) is 2.37. The fourth-order valence-corrected chi connectivity index (χ4v) is 3.29. The largest absolute Gasteiger partial charge is 0.497 e. The van der Waals surface area contributed by atoms with Crippen LogP contribution in [0.4, 0.5) is 0 Å². The van der Waals surface area contributed by atoms with Crippen LogP contribution in [-0.2, 0) is 11.8 Å². The Balaban J connectivity index is 1.62. The number of aromatic nitrogens is 1. The molecule has 6 nitrogen and oxygen atoms in total. The van der Waals surface area contributed by atoms with Gasteiger partial charge in [-0.1, -0.05) is 18.2 Å². The zero-order valence-corrected chi connectivity index (χ0v) is 16.8. The first kappa shape index (κ1) is 19.8. The Hall–Kier alpha value is -2.99. The lowest BCUT2D eigenvalue weighted by Gasteiger charge is -2.24. The number of carbonyl (C=O) groups excluding carboxylic acids is 1. The minimum absolute atomic E-state index is 0.0258. The van der Waals surface area contributed by atoms with Crippen molar-refractivity contribution in [3.8, 4) is 11.5 Å². The molecule has 2 aromatic carbocycles. The second-order valence-corrected chi connectivity index (χ2v) is 6.96. The molecule has 0 fully saturated rings. The fraction of sp³-hybridized carbons (Fsp3) is 0.318. The number of ether oxygens (including phenoxy) is 2. The molecule has 3 rings (SSSR count). The molecule has 1 N–H and O–H groups in total. The van der Waals surface area contributed by atoms with E-state index in [0.29, 0.717) is 12.3 Å². The van der Waals surface area contributed by atoms with Gasteiger partial charge in [-0.2, -0.15) is 0 Å². The summed E-state index contributed by atoms with van der Waals surface area (Å²) in [4.78, 5) is 14.4. The van der Waals surface area contributed by atoms with E-state index in [0.717, 1.165) is 5.75 Å². The van der Waals surface area contributed by atoms with E-state index in [1.807, 2.05) is 33.3 Å². The van der Waals surface area contributed by atoms with E-state index in [1.54, 1.807) is 31.4 Å². The summed E-state index contributed by atoms with van der Waals surface area (Å²) in [6, 6.07) is 15.5. The van der Waals surface area contributed by atoms with Crippen LogP contribution in [0.1, 0.15) is 11.6 Å². The molecule has 1 atom stereocenters. The molecule has 1 unspecified atom stereocenters. The van der Waals surface area contributed by atoms with Gasteiger partial charge in [-0.05, 0) is 50.0 Å². The molecule has 6 heteroatoms. The quantitative estimate of drug-likeness (QED) is 0.652. The molecule has 0 aliphatic carbocycles. The monoisotopic (exact) mass is 381 g/mol. The molecule has 0 saturated carbocycles. The lowest BCUT2D eigenvalue weighted by atomic mass is 10.0. The Morgan fingerprint density at radius 1 is 1.11 bits per heavy atom. The van der Waals surface area contributed by atoms with Gasteiger partial charge < -0.3 is 24.3 Å². The normalized spacial score (nSPS) is 12.2. The van der Waals surface area contributed by atoms with Crippen molar-refractivity contribution in [2.24, 2.45) is 7.05 Å². The molecule has 0 spiro atoms. The third-order valence-corrected chi connectivity index (χ3v) is 4.83. The number of benzene rings is 2. The van der Waals surface area contributed by atoms with Gasteiger partial charge in [0.15, 0.2) is 6.61 Å². The van der Waals surface area contributed by atoms with Crippen molar-refractivity contribution in [3.05, 3.63) is 60.3 Å². The SMILES string of the molecule is COc1ccc(OCC(=O)NCC(c2cn(C)c3ccccc23)N(C)C)cc1. The van der Waals surface area contributed by atoms with Crippen LogP contribution in [0, 0.1) is 0 Å². The van der Waals surface area contributed by atoms with Crippen LogP contribution in [0.3, 0.4) is 0 Å². The molecule has 148 valence electrons. The predicted octanol–water partition coefficient (Wildman–Crippen LogP) is 2.98. The van der Waals surface area contributed by atoms with E-state index < -0.39 is 0 Å². The highest BCUT2D eigenvalue weighted by Crippen LogP contribution is 2.28. The molecule has 3 aromatic rings. The van der Waals surface area contributed by atoms with E-state index in [2.05, 4.69) is 33.1 Å². The molecule has 1 amide bonds. The number of hydrogen-bond acceptors (Lipinski definition) is 4. The van der Waals surface area contributed by atoms with Gasteiger partial charge in [-0.3, -0.25) is 4.79 Å². The maximum Gasteiger partial charge on any atom is 0.258 e. The number of likely N-dealkylation sites (N-methyl/N-ethyl adjacent to an activating group) is 1. The van der Waals surface area contributed by atoms with E-state index in [9.17, 15) is 4.79 Å². The first-order valence-electron chi connectivity index (χ1n) is 9.23. The Kier molecular flexibility index (Phi) is 6.21. The van der Waals surface area contributed by atoms with Crippen molar-refractivity contribution in [2.45, 2.75) is 6.04 Å². The van der Waals surface area contributed by atoms with Crippen LogP contribution < -0.4 is 14.8 Å². The van der Waals surface area contributed by atoms with Gasteiger partial charge >= 0.3 is 0 Å². The second-order valence-electron chi connectivity index (χ2n) is 6.96. The number of nitrogens with one attached hydrogen (secondary N) is 1. The number of fused-ring (bicyclic) bond motifs is 1. The van der Waals surface area contributed by atoms with Crippen LogP contribution in [0.25, 0.3) is 10.9 Å². The number of methoxy groups -OCH3 is 1. The molecule has 0 bridgehead atoms. The van der Waals surface area contributed by atoms with Crippen molar-refractivity contribution >= 4 is 16.8 Å². The van der Waals surface area contributed by atoms with Crippen LogP contribution in [-0.4, -0.2) is 49.7 Å². The fourth-order valence-electron chi connectivity index (χ4n) is 3.29. The second kappa shape index (κ2) is 8.80. The first-order valence-corrected chi connectivity index (χ1v) is 9.23. The number of nitrogens with zero attached hydrogens (tertiary/aromatic N) is 2. The van der Waals surface area contributed by atoms with Crippen molar-refractivity contribution in [3.63, 3.8) is 0 Å². The minimum Gasteiger partial charge on any atom is -0.497 e. The lowest BCUT2D eigenvalue weighted by molar-refractivity contribution is -0.123. The Morgan fingerprint density at radius 3 is 2.46 bits per heavy atom. The highest BCUT2D eigenvalue weighted by atomic mass is 16.5. The molecule has 0 radical (unpaired) electrons. The first-order chi connectivity index (χ1) is 13.5. The van der Waals surface area contributed by atoms with E-state index >= 15 is 0 Å². The third-order valence-electron chi connectivity index (χ3n) is 4.83. The predicted molar refractivity (Wildman–Crippen MR) is 111 cm³/mol. The summed E-state index contributed by atoms with van der Waals surface area (Å²) in [5.74, 6) is 1.23. The lowest BCUT2D eigenvalue weighted by Crippen LogP contribution is -2.36. The average Bonchev–Trinajstić information content (AvgIpc) is 3.03. The van der Waals surface area contributed by atoms with E-state index in [-0.39, 0.29) is 18.6 Å². The van der Waals surface area contributed by atoms with Gasteiger partial charge in [0.05, 0.1) is 13.2 Å².